The van der Waals surface area contributed by atoms with Crippen LogP contribution in [0, 0.1) is 11.8 Å². The molecule has 0 saturated carbocycles. The van der Waals surface area contributed by atoms with E-state index in [0.717, 1.165) is 22.3 Å². The fourth-order valence-corrected chi connectivity index (χ4v) is 4.18. The van der Waals surface area contributed by atoms with Gasteiger partial charge in [-0.3, -0.25) is 9.59 Å². The van der Waals surface area contributed by atoms with Crippen LogP contribution in [0.1, 0.15) is 37.3 Å². The monoisotopic (exact) mass is 492 g/mol. The third kappa shape index (κ3) is 6.32. The summed E-state index contributed by atoms with van der Waals surface area (Å²) >= 11 is 0. The molecule has 2 aromatic rings. The second kappa shape index (κ2) is 10.8. The number of alkyl carbamates (subject to hydrolysis) is 1. The van der Waals surface area contributed by atoms with Gasteiger partial charge in [0.05, 0.1) is 12.3 Å². The molecule has 0 fully saturated rings. The number of carbonyl (C=O) groups is 3. The van der Waals surface area contributed by atoms with Gasteiger partial charge < -0.3 is 20.5 Å². The number of benzene rings is 2. The number of halogens is 3. The average molecular weight is 492 g/mol. The van der Waals surface area contributed by atoms with Crippen molar-refractivity contribution in [1.29, 1.82) is 0 Å². The molecule has 2 atom stereocenters. The van der Waals surface area contributed by atoms with Crippen LogP contribution >= 0.6 is 0 Å². The summed E-state index contributed by atoms with van der Waals surface area (Å²) in [6, 6.07) is 13.1. The van der Waals surface area contributed by atoms with Crippen LogP contribution in [-0.4, -0.2) is 48.4 Å². The molecular formula is C25H27F3N2O5. The first-order valence-electron chi connectivity index (χ1n) is 11.2. The lowest BCUT2D eigenvalue weighted by Crippen LogP contribution is -2.51. The molecule has 35 heavy (non-hydrogen) atoms. The van der Waals surface area contributed by atoms with Crippen molar-refractivity contribution in [3.05, 3.63) is 59.7 Å². The number of fused-ring (bicyclic) bond motifs is 3. The van der Waals surface area contributed by atoms with Gasteiger partial charge >= 0.3 is 18.2 Å². The molecule has 0 aromatic heterocycles. The fraction of sp³-hybridized carbons (Fsp3) is 0.400. The van der Waals surface area contributed by atoms with Crippen molar-refractivity contribution in [2.75, 3.05) is 13.2 Å². The maximum Gasteiger partial charge on any atom is 0.409 e. The predicted molar refractivity (Wildman–Crippen MR) is 122 cm³/mol. The number of aliphatic carboxylic acids is 1. The Kier molecular flexibility index (Phi) is 8.03. The average Bonchev–Trinajstić information content (AvgIpc) is 3.10. The first-order chi connectivity index (χ1) is 16.5. The van der Waals surface area contributed by atoms with Gasteiger partial charge in [0.1, 0.15) is 12.6 Å². The van der Waals surface area contributed by atoms with Crippen molar-refractivity contribution in [1.82, 2.24) is 10.6 Å². The highest BCUT2D eigenvalue weighted by Gasteiger charge is 2.43. The number of carboxylic acids is 1. The van der Waals surface area contributed by atoms with Gasteiger partial charge in [-0.2, -0.15) is 13.2 Å². The molecule has 0 heterocycles. The zero-order valence-corrected chi connectivity index (χ0v) is 19.3. The standard InChI is InChI=1S/C25H27F3N2O5/c1-14(2)19(23(33)30-21(11-22(31)32)25(26,27)28)12-29-24(34)35-13-20-17-9-5-3-7-15(17)16-8-4-6-10-18(16)20/h3-10,14,19-21H,11-13H2,1-2H3,(H,29,34)(H,30,33)(H,31,32). The largest absolute Gasteiger partial charge is 0.481 e. The van der Waals surface area contributed by atoms with Crippen molar-refractivity contribution >= 4 is 18.0 Å². The number of ether oxygens (including phenoxy) is 1. The molecule has 0 saturated heterocycles. The third-order valence-electron chi connectivity index (χ3n) is 6.04. The van der Waals surface area contributed by atoms with Crippen molar-refractivity contribution in [2.45, 2.75) is 38.4 Å². The summed E-state index contributed by atoms with van der Waals surface area (Å²) in [5.41, 5.74) is 4.18. The van der Waals surface area contributed by atoms with Gasteiger partial charge in [0.25, 0.3) is 0 Å². The molecule has 3 rings (SSSR count). The molecule has 7 nitrogen and oxygen atoms in total. The van der Waals surface area contributed by atoms with E-state index < -0.39 is 48.4 Å². The Morgan fingerprint density at radius 2 is 1.54 bits per heavy atom. The quantitative estimate of drug-likeness (QED) is 0.484. The molecule has 0 radical (unpaired) electrons. The first kappa shape index (κ1) is 26.1. The molecule has 1 aliphatic carbocycles. The van der Waals surface area contributed by atoms with Crippen LogP contribution < -0.4 is 10.6 Å². The van der Waals surface area contributed by atoms with Crippen LogP contribution in [0.25, 0.3) is 11.1 Å². The highest BCUT2D eigenvalue weighted by molar-refractivity contribution is 5.81. The summed E-state index contributed by atoms with van der Waals surface area (Å²) in [5, 5.41) is 12.9. The Balaban J connectivity index is 1.60. The highest BCUT2D eigenvalue weighted by Crippen LogP contribution is 2.44. The Morgan fingerprint density at radius 3 is 2.03 bits per heavy atom. The summed E-state index contributed by atoms with van der Waals surface area (Å²) in [5.74, 6) is -4.30. The molecule has 0 spiro atoms. The topological polar surface area (TPSA) is 105 Å². The van der Waals surface area contributed by atoms with Crippen LogP contribution in [0.4, 0.5) is 18.0 Å². The molecular weight excluding hydrogens is 465 g/mol. The zero-order valence-electron chi connectivity index (χ0n) is 19.3. The minimum absolute atomic E-state index is 0.0488. The van der Waals surface area contributed by atoms with Crippen LogP contribution in [0.5, 0.6) is 0 Å². The number of alkyl halides is 3. The van der Waals surface area contributed by atoms with Crippen LogP contribution in [0.3, 0.4) is 0 Å². The normalized spacial score (nSPS) is 14.6. The second-order valence-corrected chi connectivity index (χ2v) is 8.76. The molecule has 3 N–H and O–H groups in total. The molecule has 2 aromatic carbocycles. The van der Waals surface area contributed by atoms with Crippen molar-refractivity contribution in [3.63, 3.8) is 0 Å². The van der Waals surface area contributed by atoms with E-state index >= 15 is 0 Å². The van der Waals surface area contributed by atoms with E-state index in [1.165, 1.54) is 0 Å². The molecule has 0 aliphatic heterocycles. The van der Waals surface area contributed by atoms with E-state index in [1.54, 1.807) is 19.2 Å². The lowest BCUT2D eigenvalue weighted by atomic mass is 9.94. The van der Waals surface area contributed by atoms with Gasteiger partial charge in [0.2, 0.25) is 5.91 Å². The van der Waals surface area contributed by atoms with E-state index in [9.17, 15) is 27.6 Å². The number of nitrogens with one attached hydrogen (secondary N) is 2. The summed E-state index contributed by atoms with van der Waals surface area (Å²) in [7, 11) is 0. The van der Waals surface area contributed by atoms with E-state index in [2.05, 4.69) is 5.32 Å². The van der Waals surface area contributed by atoms with Gasteiger partial charge in [0, 0.05) is 12.5 Å². The maximum absolute atomic E-state index is 13.1. The minimum atomic E-state index is -4.92. The Bertz CT molecular complexity index is 1040. The van der Waals surface area contributed by atoms with Crippen molar-refractivity contribution < 1.29 is 37.4 Å². The molecule has 188 valence electrons. The van der Waals surface area contributed by atoms with E-state index in [0.29, 0.717) is 0 Å². The first-order valence-corrected chi connectivity index (χ1v) is 11.2. The number of rotatable bonds is 9. The van der Waals surface area contributed by atoms with Gasteiger partial charge in [-0.05, 0) is 28.2 Å². The summed E-state index contributed by atoms with van der Waals surface area (Å²) in [6.07, 6.45) is -7.02. The van der Waals surface area contributed by atoms with E-state index in [-0.39, 0.29) is 19.1 Å². The molecule has 1 aliphatic rings. The van der Waals surface area contributed by atoms with Crippen LogP contribution in [0.2, 0.25) is 0 Å². The SMILES string of the molecule is CC(C)C(CNC(=O)OCC1c2ccccc2-c2ccccc21)C(=O)NC(CC(=O)O)C(F)(F)F. The van der Waals surface area contributed by atoms with Crippen LogP contribution in [0.15, 0.2) is 48.5 Å². The number of carbonyl (C=O) groups excluding carboxylic acids is 2. The number of hydrogen-bond donors (Lipinski definition) is 3. The number of amides is 2. The maximum atomic E-state index is 13.1. The van der Waals surface area contributed by atoms with E-state index in [1.807, 2.05) is 48.5 Å². The summed E-state index contributed by atoms with van der Waals surface area (Å²) < 4.78 is 44.7. The molecule has 2 amide bonds. The zero-order chi connectivity index (χ0) is 25.8. The van der Waals surface area contributed by atoms with Gasteiger partial charge in [-0.25, -0.2) is 4.79 Å². The smallest absolute Gasteiger partial charge is 0.409 e. The van der Waals surface area contributed by atoms with E-state index in [4.69, 9.17) is 9.84 Å². The highest BCUT2D eigenvalue weighted by atomic mass is 19.4. The van der Waals surface area contributed by atoms with Gasteiger partial charge in [0.15, 0.2) is 0 Å². The van der Waals surface area contributed by atoms with Gasteiger partial charge in [-0.15, -0.1) is 0 Å². The molecule has 0 bridgehead atoms. The number of carboxylic acid groups (broad SMARTS) is 1. The van der Waals surface area contributed by atoms with Crippen LogP contribution in [-0.2, 0) is 14.3 Å². The lowest BCUT2D eigenvalue weighted by Gasteiger charge is -2.25. The fourth-order valence-electron chi connectivity index (χ4n) is 4.18. The predicted octanol–water partition coefficient (Wildman–Crippen LogP) is 4.32. The third-order valence-corrected chi connectivity index (χ3v) is 6.04. The summed E-state index contributed by atoms with van der Waals surface area (Å²) in [4.78, 5) is 35.6. The van der Waals surface area contributed by atoms with Crippen molar-refractivity contribution in [2.24, 2.45) is 11.8 Å². The molecule has 2 unspecified atom stereocenters. The van der Waals surface area contributed by atoms with Crippen molar-refractivity contribution in [3.8, 4) is 11.1 Å². The second-order valence-electron chi connectivity index (χ2n) is 8.76. The molecule has 10 heteroatoms. The minimum Gasteiger partial charge on any atom is -0.481 e. The Morgan fingerprint density at radius 1 is 1.00 bits per heavy atom. The lowest BCUT2D eigenvalue weighted by molar-refractivity contribution is -0.171. The number of hydrogen-bond acceptors (Lipinski definition) is 4. The van der Waals surface area contributed by atoms with Gasteiger partial charge in [-0.1, -0.05) is 62.4 Å². The Labute approximate surface area is 200 Å². The Hall–Kier alpha value is -3.56. The summed E-state index contributed by atoms with van der Waals surface area (Å²) in [6.45, 7) is 3.01.